The number of hydrogen-bond donors (Lipinski definition) is 1. The molecule has 0 aromatic heterocycles. The molecule has 0 saturated carbocycles. The first kappa shape index (κ1) is 50.1. The Balaban J connectivity index is 1.63. The van der Waals surface area contributed by atoms with E-state index in [0.29, 0.717) is 119 Å². The van der Waals surface area contributed by atoms with Crippen molar-refractivity contribution in [1.29, 1.82) is 0 Å². The fraction of sp³-hybridized carbons (Fsp3) is 0.833. The van der Waals surface area contributed by atoms with Gasteiger partial charge in [0.25, 0.3) is 0 Å². The summed E-state index contributed by atoms with van der Waals surface area (Å²) in [6.07, 6.45) is 19.2. The summed E-state index contributed by atoms with van der Waals surface area (Å²) in [7, 11) is 0. The lowest BCUT2D eigenvalue weighted by Crippen LogP contribution is -2.15. The predicted octanol–water partition coefficient (Wildman–Crippen LogP) is 7.65. The maximum absolute atomic E-state index is 11.1. The van der Waals surface area contributed by atoms with Crippen molar-refractivity contribution < 1.29 is 52.2 Å². The smallest absolute Gasteiger partial charge is 0.221 e. The van der Waals surface area contributed by atoms with E-state index in [-0.39, 0.29) is 5.91 Å². The molecule has 1 aromatic carbocycles. The summed E-state index contributed by atoms with van der Waals surface area (Å²) in [6.45, 7) is 14.0. The number of amides is 1. The van der Waals surface area contributed by atoms with Gasteiger partial charge in [-0.15, -0.1) is 0 Å². The largest absolute Gasteiger partial charge is 0.491 e. The summed E-state index contributed by atoms with van der Waals surface area (Å²) in [5.74, 6) is 0.617. The van der Waals surface area contributed by atoms with E-state index in [9.17, 15) is 4.79 Å². The van der Waals surface area contributed by atoms with Gasteiger partial charge >= 0.3 is 0 Å². The molecule has 0 radical (unpaired) electrons. The van der Waals surface area contributed by atoms with Gasteiger partial charge in [-0.25, -0.2) is 0 Å². The minimum absolute atomic E-state index is 0.104. The zero-order valence-corrected chi connectivity index (χ0v) is 34.1. The molecule has 0 saturated heterocycles. The monoisotopic (exact) mass is 772 g/mol. The number of hydrogen-bond acceptors (Lipinski definition) is 11. The predicted molar refractivity (Wildman–Crippen MR) is 214 cm³/mol. The minimum atomic E-state index is -0.104. The highest BCUT2D eigenvalue weighted by Crippen LogP contribution is 2.16. The second-order valence-electron chi connectivity index (χ2n) is 13.2. The summed E-state index contributed by atoms with van der Waals surface area (Å²) >= 11 is 0. The third kappa shape index (κ3) is 38.4. The zero-order valence-electron chi connectivity index (χ0n) is 34.1. The second kappa shape index (κ2) is 42.3. The molecule has 1 rings (SSSR count). The van der Waals surface area contributed by atoms with Gasteiger partial charge in [0, 0.05) is 19.2 Å². The van der Waals surface area contributed by atoms with Crippen molar-refractivity contribution in [2.45, 2.75) is 104 Å². The summed E-state index contributed by atoms with van der Waals surface area (Å²) in [5, 5.41) is 2.72. The maximum atomic E-state index is 11.1. The van der Waals surface area contributed by atoms with E-state index in [4.69, 9.17) is 47.4 Å². The van der Waals surface area contributed by atoms with Crippen LogP contribution >= 0.6 is 0 Å². The number of unbranched alkanes of at least 4 members (excludes halogenated alkanes) is 13. The first-order chi connectivity index (χ1) is 26.7. The fourth-order valence-corrected chi connectivity index (χ4v) is 5.32. The van der Waals surface area contributed by atoms with Crippen LogP contribution in [0.2, 0.25) is 0 Å². The van der Waals surface area contributed by atoms with Gasteiger partial charge in [0.2, 0.25) is 5.91 Å². The minimum Gasteiger partial charge on any atom is -0.491 e. The van der Waals surface area contributed by atoms with Gasteiger partial charge in [0.05, 0.1) is 112 Å². The molecular weight excluding hydrogens is 694 g/mol. The molecule has 0 aliphatic rings. The number of ether oxygens (including phenoxy) is 10. The Morgan fingerprint density at radius 1 is 0.389 bits per heavy atom. The first-order valence-electron chi connectivity index (χ1n) is 20.9. The topological polar surface area (TPSA) is 121 Å². The lowest BCUT2D eigenvalue weighted by molar-refractivity contribution is -0.114. The zero-order chi connectivity index (χ0) is 38.7. The molecule has 0 unspecified atom stereocenters. The molecule has 0 spiro atoms. The van der Waals surface area contributed by atoms with E-state index in [0.717, 1.165) is 24.5 Å². The third-order valence-corrected chi connectivity index (χ3v) is 8.29. The van der Waals surface area contributed by atoms with Crippen LogP contribution in [0.3, 0.4) is 0 Å². The average molecular weight is 772 g/mol. The summed E-state index contributed by atoms with van der Waals surface area (Å²) < 4.78 is 55.5. The molecule has 12 nitrogen and oxygen atoms in total. The summed E-state index contributed by atoms with van der Waals surface area (Å²) in [6, 6.07) is 7.20. The van der Waals surface area contributed by atoms with Crippen LogP contribution in [-0.2, 0) is 47.4 Å². The Bertz CT molecular complexity index is 894. The van der Waals surface area contributed by atoms with Crippen molar-refractivity contribution in [3.63, 3.8) is 0 Å². The number of rotatable bonds is 44. The highest BCUT2D eigenvalue weighted by atomic mass is 16.6. The standard InChI is InChI=1S/C42H77NO11/c1-3-4-5-6-7-8-9-10-11-12-13-14-15-16-21-45-22-23-46-24-25-47-26-27-48-28-29-49-30-31-50-32-33-51-34-35-52-36-37-53-38-39-54-42-19-17-41(18-20-42)43-40(2)44/h17-20H,3-16,21-39H2,1-2H3,(H,43,44). The van der Waals surface area contributed by atoms with Gasteiger partial charge in [0.15, 0.2) is 0 Å². The van der Waals surface area contributed by atoms with Gasteiger partial charge in [-0.1, -0.05) is 90.4 Å². The average Bonchev–Trinajstić information content (AvgIpc) is 3.17. The fourth-order valence-electron chi connectivity index (χ4n) is 5.32. The van der Waals surface area contributed by atoms with Gasteiger partial charge in [-0.2, -0.15) is 0 Å². The summed E-state index contributed by atoms with van der Waals surface area (Å²) in [4.78, 5) is 11.1. The molecule has 1 N–H and O–H groups in total. The number of anilines is 1. The van der Waals surface area contributed by atoms with Crippen LogP contribution in [0, 0.1) is 0 Å². The lowest BCUT2D eigenvalue weighted by atomic mass is 10.0. The molecule has 0 heterocycles. The van der Waals surface area contributed by atoms with Gasteiger partial charge in [-0.05, 0) is 30.7 Å². The van der Waals surface area contributed by atoms with Crippen LogP contribution in [0.1, 0.15) is 104 Å². The van der Waals surface area contributed by atoms with Gasteiger partial charge < -0.3 is 52.7 Å². The molecular formula is C42H77NO11. The molecule has 0 atom stereocenters. The van der Waals surface area contributed by atoms with E-state index in [2.05, 4.69) is 12.2 Å². The van der Waals surface area contributed by atoms with Crippen LogP contribution in [0.5, 0.6) is 5.75 Å². The van der Waals surface area contributed by atoms with Crippen molar-refractivity contribution in [2.24, 2.45) is 0 Å². The van der Waals surface area contributed by atoms with Crippen molar-refractivity contribution in [3.8, 4) is 5.75 Å². The normalized spacial score (nSPS) is 11.4. The quantitative estimate of drug-likeness (QED) is 0.0659. The van der Waals surface area contributed by atoms with Crippen molar-refractivity contribution in [1.82, 2.24) is 0 Å². The maximum Gasteiger partial charge on any atom is 0.221 e. The van der Waals surface area contributed by atoms with Crippen LogP contribution in [0.15, 0.2) is 24.3 Å². The molecule has 0 aliphatic heterocycles. The van der Waals surface area contributed by atoms with Crippen LogP contribution < -0.4 is 10.1 Å². The van der Waals surface area contributed by atoms with Crippen molar-refractivity contribution in [3.05, 3.63) is 24.3 Å². The third-order valence-electron chi connectivity index (χ3n) is 8.29. The Morgan fingerprint density at radius 2 is 0.667 bits per heavy atom. The molecule has 1 aromatic rings. The number of carbonyl (C=O) groups excluding carboxylic acids is 1. The number of carbonyl (C=O) groups is 1. The van der Waals surface area contributed by atoms with Crippen molar-refractivity contribution >= 4 is 11.6 Å². The first-order valence-corrected chi connectivity index (χ1v) is 20.9. The SMILES string of the molecule is CCCCCCCCCCCCCCCCOCCOCCOCCOCCOCCOCCOCCOCCOCCOc1ccc(NC(C)=O)cc1. The number of nitrogens with one attached hydrogen (secondary N) is 1. The van der Waals surface area contributed by atoms with Gasteiger partial charge in [0.1, 0.15) is 12.4 Å². The molecule has 0 aliphatic carbocycles. The molecule has 12 heteroatoms. The highest BCUT2D eigenvalue weighted by Gasteiger charge is 2.00. The Labute approximate surface area is 327 Å². The van der Waals surface area contributed by atoms with E-state index < -0.39 is 0 Å². The van der Waals surface area contributed by atoms with E-state index >= 15 is 0 Å². The number of benzene rings is 1. The summed E-state index contributed by atoms with van der Waals surface area (Å²) in [5.41, 5.74) is 0.736. The van der Waals surface area contributed by atoms with Crippen LogP contribution in [0.4, 0.5) is 5.69 Å². The molecule has 54 heavy (non-hydrogen) atoms. The molecule has 316 valence electrons. The Hall–Kier alpha value is -1.87. The molecule has 1 amide bonds. The van der Waals surface area contributed by atoms with Crippen molar-refractivity contribution in [2.75, 3.05) is 131 Å². The van der Waals surface area contributed by atoms with Crippen LogP contribution in [0.25, 0.3) is 0 Å². The molecule has 0 fully saturated rings. The lowest BCUT2D eigenvalue weighted by Gasteiger charge is -2.09. The molecule has 0 bridgehead atoms. The van der Waals surface area contributed by atoms with E-state index in [1.165, 1.54) is 90.4 Å². The van der Waals surface area contributed by atoms with Crippen LogP contribution in [-0.4, -0.2) is 131 Å². The highest BCUT2D eigenvalue weighted by molar-refractivity contribution is 5.88. The second-order valence-corrected chi connectivity index (χ2v) is 13.2. The van der Waals surface area contributed by atoms with Gasteiger partial charge in [-0.3, -0.25) is 4.79 Å². The Morgan fingerprint density at radius 3 is 0.981 bits per heavy atom. The Kier molecular flexibility index (Phi) is 39.3. The van der Waals surface area contributed by atoms with E-state index in [1.54, 1.807) is 24.3 Å². The van der Waals surface area contributed by atoms with E-state index in [1.807, 2.05) is 0 Å².